The molecule has 0 fully saturated rings. The lowest BCUT2D eigenvalue weighted by atomic mass is 10.2. The predicted octanol–water partition coefficient (Wildman–Crippen LogP) is 0.0712. The Bertz CT molecular complexity index is 371. The van der Waals surface area contributed by atoms with Crippen molar-refractivity contribution in [3.05, 3.63) is 29.8 Å². The van der Waals surface area contributed by atoms with Crippen LogP contribution in [0.3, 0.4) is 0 Å². The number of amides is 2. The second-order valence-electron chi connectivity index (χ2n) is 3.22. The molecule has 0 saturated heterocycles. The van der Waals surface area contributed by atoms with Crippen molar-refractivity contribution < 1.29 is 9.59 Å². The number of hydrogen-bond donors (Lipinski definition) is 3. The van der Waals surface area contributed by atoms with E-state index >= 15 is 0 Å². The number of primary amides is 1. The molecule has 0 aliphatic rings. The standard InChI is InChI=1S/C10H13N3O2/c1-6(11)10(15)13-8-4-2-7(3-5-8)9(12)14/h2-6H,11H2,1H3,(H2,12,14)(H,13,15). The first-order valence-corrected chi connectivity index (χ1v) is 4.47. The summed E-state index contributed by atoms with van der Waals surface area (Å²) >= 11 is 0. The van der Waals surface area contributed by atoms with Crippen molar-refractivity contribution in [3.63, 3.8) is 0 Å². The fourth-order valence-corrected chi connectivity index (χ4v) is 0.974. The molecule has 1 atom stereocenters. The minimum absolute atomic E-state index is 0.276. The zero-order chi connectivity index (χ0) is 11.4. The van der Waals surface area contributed by atoms with Crippen molar-refractivity contribution in [1.82, 2.24) is 0 Å². The first kappa shape index (κ1) is 11.2. The molecule has 15 heavy (non-hydrogen) atoms. The lowest BCUT2D eigenvalue weighted by Crippen LogP contribution is -2.32. The van der Waals surface area contributed by atoms with Crippen molar-refractivity contribution in [3.8, 4) is 0 Å². The van der Waals surface area contributed by atoms with E-state index in [1.54, 1.807) is 31.2 Å². The number of benzene rings is 1. The van der Waals surface area contributed by atoms with Gasteiger partial charge in [0.1, 0.15) is 0 Å². The van der Waals surface area contributed by atoms with Gasteiger partial charge in [-0.05, 0) is 31.2 Å². The quantitative estimate of drug-likeness (QED) is 0.654. The maximum atomic E-state index is 11.2. The molecule has 1 aromatic rings. The number of rotatable bonds is 3. The van der Waals surface area contributed by atoms with E-state index < -0.39 is 11.9 Å². The fourth-order valence-electron chi connectivity index (χ4n) is 0.974. The molecular weight excluding hydrogens is 194 g/mol. The van der Waals surface area contributed by atoms with Gasteiger partial charge in [0, 0.05) is 11.3 Å². The second-order valence-corrected chi connectivity index (χ2v) is 3.22. The smallest absolute Gasteiger partial charge is 0.248 e. The number of nitrogens with one attached hydrogen (secondary N) is 1. The van der Waals surface area contributed by atoms with Gasteiger partial charge in [-0.2, -0.15) is 0 Å². The fraction of sp³-hybridized carbons (Fsp3) is 0.200. The Hall–Kier alpha value is -1.88. The Balaban J connectivity index is 2.73. The van der Waals surface area contributed by atoms with Crippen LogP contribution in [0, 0.1) is 0 Å². The molecule has 5 heteroatoms. The Morgan fingerprint density at radius 1 is 1.27 bits per heavy atom. The van der Waals surface area contributed by atoms with Gasteiger partial charge in [-0.15, -0.1) is 0 Å². The molecule has 1 unspecified atom stereocenters. The van der Waals surface area contributed by atoms with Crippen molar-refractivity contribution in [2.45, 2.75) is 13.0 Å². The van der Waals surface area contributed by atoms with E-state index in [2.05, 4.69) is 5.32 Å². The summed E-state index contributed by atoms with van der Waals surface area (Å²) in [6, 6.07) is 5.71. The monoisotopic (exact) mass is 207 g/mol. The number of carbonyl (C=O) groups is 2. The minimum atomic E-state index is -0.569. The highest BCUT2D eigenvalue weighted by Crippen LogP contribution is 2.09. The molecule has 0 bridgehead atoms. The van der Waals surface area contributed by atoms with E-state index in [9.17, 15) is 9.59 Å². The summed E-state index contributed by atoms with van der Waals surface area (Å²) in [4.78, 5) is 22.0. The van der Waals surface area contributed by atoms with E-state index in [0.717, 1.165) is 0 Å². The van der Waals surface area contributed by atoms with E-state index in [-0.39, 0.29) is 5.91 Å². The molecule has 1 aromatic carbocycles. The second kappa shape index (κ2) is 4.56. The van der Waals surface area contributed by atoms with E-state index in [1.165, 1.54) is 0 Å². The minimum Gasteiger partial charge on any atom is -0.366 e. The summed E-state index contributed by atoms with van der Waals surface area (Å²) in [7, 11) is 0. The molecule has 0 heterocycles. The third-order valence-electron chi connectivity index (χ3n) is 1.85. The van der Waals surface area contributed by atoms with Crippen LogP contribution in [-0.2, 0) is 4.79 Å². The van der Waals surface area contributed by atoms with Crippen LogP contribution in [0.25, 0.3) is 0 Å². The van der Waals surface area contributed by atoms with Gasteiger partial charge in [0.25, 0.3) is 0 Å². The van der Waals surface area contributed by atoms with Gasteiger partial charge in [-0.1, -0.05) is 0 Å². The summed E-state index contributed by atoms with van der Waals surface area (Å²) in [6.07, 6.45) is 0. The van der Waals surface area contributed by atoms with Crippen molar-refractivity contribution >= 4 is 17.5 Å². The molecule has 0 aromatic heterocycles. The lowest BCUT2D eigenvalue weighted by molar-refractivity contribution is -0.117. The summed E-state index contributed by atoms with van der Waals surface area (Å²) in [5.74, 6) is -0.776. The van der Waals surface area contributed by atoms with Crippen LogP contribution in [0.4, 0.5) is 5.69 Å². The Morgan fingerprint density at radius 3 is 2.20 bits per heavy atom. The summed E-state index contributed by atoms with van der Waals surface area (Å²) in [5.41, 5.74) is 11.4. The highest BCUT2D eigenvalue weighted by molar-refractivity contribution is 5.96. The molecule has 0 aliphatic heterocycles. The number of carbonyl (C=O) groups excluding carboxylic acids is 2. The summed E-state index contributed by atoms with van der Waals surface area (Å²) < 4.78 is 0. The van der Waals surface area contributed by atoms with Crippen LogP contribution < -0.4 is 16.8 Å². The largest absolute Gasteiger partial charge is 0.366 e. The molecule has 80 valence electrons. The number of hydrogen-bond acceptors (Lipinski definition) is 3. The molecule has 1 rings (SSSR count). The van der Waals surface area contributed by atoms with Crippen LogP contribution in [0.2, 0.25) is 0 Å². The summed E-state index contributed by atoms with van der Waals surface area (Å²) in [5, 5.41) is 2.59. The van der Waals surface area contributed by atoms with Crippen LogP contribution in [0.5, 0.6) is 0 Å². The van der Waals surface area contributed by atoms with Crippen LogP contribution >= 0.6 is 0 Å². The first-order valence-electron chi connectivity index (χ1n) is 4.47. The van der Waals surface area contributed by atoms with E-state index in [0.29, 0.717) is 11.3 Å². The van der Waals surface area contributed by atoms with Gasteiger partial charge in [-0.3, -0.25) is 9.59 Å². The molecule has 0 saturated carbocycles. The van der Waals surface area contributed by atoms with Crippen molar-refractivity contribution in [2.24, 2.45) is 11.5 Å². The van der Waals surface area contributed by atoms with Crippen LogP contribution in [0.15, 0.2) is 24.3 Å². The molecule has 0 aliphatic carbocycles. The van der Waals surface area contributed by atoms with Gasteiger partial charge >= 0.3 is 0 Å². The Labute approximate surface area is 87.4 Å². The molecule has 0 spiro atoms. The van der Waals surface area contributed by atoms with Crippen molar-refractivity contribution in [2.75, 3.05) is 5.32 Å². The Kier molecular flexibility index (Phi) is 3.41. The molecule has 5 N–H and O–H groups in total. The molecule has 2 amide bonds. The topological polar surface area (TPSA) is 98.2 Å². The van der Waals surface area contributed by atoms with Gasteiger partial charge in [0.2, 0.25) is 11.8 Å². The highest BCUT2D eigenvalue weighted by Gasteiger charge is 2.07. The number of nitrogens with two attached hydrogens (primary N) is 2. The van der Waals surface area contributed by atoms with Gasteiger partial charge < -0.3 is 16.8 Å². The molecular formula is C10H13N3O2. The molecule has 5 nitrogen and oxygen atoms in total. The zero-order valence-electron chi connectivity index (χ0n) is 8.36. The van der Waals surface area contributed by atoms with Crippen LogP contribution in [-0.4, -0.2) is 17.9 Å². The number of anilines is 1. The first-order chi connectivity index (χ1) is 7.00. The van der Waals surface area contributed by atoms with E-state index in [1.807, 2.05) is 0 Å². The predicted molar refractivity (Wildman–Crippen MR) is 57.2 cm³/mol. The average molecular weight is 207 g/mol. The Morgan fingerprint density at radius 2 is 1.80 bits per heavy atom. The lowest BCUT2D eigenvalue weighted by Gasteiger charge is -2.07. The van der Waals surface area contributed by atoms with E-state index in [4.69, 9.17) is 11.5 Å². The van der Waals surface area contributed by atoms with Crippen LogP contribution in [0.1, 0.15) is 17.3 Å². The maximum Gasteiger partial charge on any atom is 0.248 e. The normalized spacial score (nSPS) is 11.9. The third kappa shape index (κ3) is 3.07. The summed E-state index contributed by atoms with van der Waals surface area (Å²) in [6.45, 7) is 1.59. The average Bonchev–Trinajstić information content (AvgIpc) is 2.18. The maximum absolute atomic E-state index is 11.2. The third-order valence-corrected chi connectivity index (χ3v) is 1.85. The SMILES string of the molecule is CC(N)C(=O)Nc1ccc(C(N)=O)cc1. The highest BCUT2D eigenvalue weighted by atomic mass is 16.2. The zero-order valence-corrected chi connectivity index (χ0v) is 8.36. The van der Waals surface area contributed by atoms with Gasteiger partial charge in [0.15, 0.2) is 0 Å². The van der Waals surface area contributed by atoms with Gasteiger partial charge in [0.05, 0.1) is 6.04 Å². The molecule has 0 radical (unpaired) electrons. The van der Waals surface area contributed by atoms with Crippen molar-refractivity contribution in [1.29, 1.82) is 0 Å². The van der Waals surface area contributed by atoms with Gasteiger partial charge in [-0.25, -0.2) is 0 Å².